The van der Waals surface area contributed by atoms with Gasteiger partial charge in [0.25, 0.3) is 0 Å². The molecule has 10 rings (SSSR count). The standard InChI is InChI=1S/C50H33N5/c1-6-17-34(18-7-1)39-27-16-28-40(31-39)49-51-48(38-25-14-5-15-26-38)52-50(53-49)41-29-30-43-42(32-41)33-44(35-19-8-2-9-20-35)55-47(43)45(36-21-10-3-11-22-36)46(54-55)37-23-12-4-13-24-37/h1-33H. The third-order valence-electron chi connectivity index (χ3n) is 10.0. The van der Waals surface area contributed by atoms with E-state index in [2.05, 4.69) is 156 Å². The summed E-state index contributed by atoms with van der Waals surface area (Å²) in [6.07, 6.45) is 0. The maximum Gasteiger partial charge on any atom is 0.164 e. The van der Waals surface area contributed by atoms with E-state index in [9.17, 15) is 0 Å². The normalized spacial score (nSPS) is 11.3. The van der Waals surface area contributed by atoms with Crippen LogP contribution in [0.15, 0.2) is 200 Å². The lowest BCUT2D eigenvalue weighted by atomic mass is 9.96. The molecule has 0 atom stereocenters. The summed E-state index contributed by atoms with van der Waals surface area (Å²) in [5, 5.41) is 7.52. The summed E-state index contributed by atoms with van der Waals surface area (Å²) in [7, 11) is 0. The van der Waals surface area contributed by atoms with Crippen LogP contribution >= 0.6 is 0 Å². The Morgan fingerprint density at radius 2 is 0.800 bits per heavy atom. The number of rotatable bonds is 7. The van der Waals surface area contributed by atoms with Crippen molar-refractivity contribution in [1.82, 2.24) is 24.6 Å². The van der Waals surface area contributed by atoms with Crippen molar-refractivity contribution in [3.8, 4) is 78.9 Å². The van der Waals surface area contributed by atoms with Gasteiger partial charge in [-0.05, 0) is 40.3 Å². The van der Waals surface area contributed by atoms with Gasteiger partial charge in [0, 0.05) is 38.8 Å². The molecule has 3 aromatic heterocycles. The van der Waals surface area contributed by atoms with Gasteiger partial charge in [0.2, 0.25) is 0 Å². The van der Waals surface area contributed by atoms with Gasteiger partial charge in [0.1, 0.15) is 5.69 Å². The summed E-state index contributed by atoms with van der Waals surface area (Å²) >= 11 is 0. The molecule has 7 aromatic carbocycles. The fourth-order valence-corrected chi connectivity index (χ4v) is 7.40. The molecule has 5 heteroatoms. The van der Waals surface area contributed by atoms with Crippen LogP contribution < -0.4 is 0 Å². The lowest BCUT2D eigenvalue weighted by Gasteiger charge is -2.13. The molecule has 0 N–H and O–H groups in total. The van der Waals surface area contributed by atoms with E-state index in [1.54, 1.807) is 0 Å². The minimum Gasteiger partial charge on any atom is -0.231 e. The average molecular weight is 704 g/mol. The zero-order chi connectivity index (χ0) is 36.6. The van der Waals surface area contributed by atoms with Crippen LogP contribution in [-0.4, -0.2) is 24.6 Å². The molecule has 5 nitrogen and oxygen atoms in total. The first kappa shape index (κ1) is 32.2. The number of hydrogen-bond donors (Lipinski definition) is 0. The van der Waals surface area contributed by atoms with Crippen molar-refractivity contribution in [2.45, 2.75) is 0 Å². The topological polar surface area (TPSA) is 56.0 Å². The first-order chi connectivity index (χ1) is 27.3. The molecule has 0 fully saturated rings. The van der Waals surface area contributed by atoms with Crippen molar-refractivity contribution in [3.05, 3.63) is 200 Å². The Kier molecular flexibility index (Phi) is 8.08. The molecule has 0 saturated heterocycles. The van der Waals surface area contributed by atoms with E-state index in [1.807, 2.05) is 48.5 Å². The molecule has 0 spiro atoms. The van der Waals surface area contributed by atoms with Gasteiger partial charge in [-0.25, -0.2) is 19.5 Å². The van der Waals surface area contributed by atoms with Crippen molar-refractivity contribution >= 4 is 16.3 Å². The molecule has 0 saturated carbocycles. The third kappa shape index (κ3) is 6.04. The SMILES string of the molecule is c1ccc(-c2cccc(-c3nc(-c4ccccc4)nc(-c4ccc5c(c4)cc(-c4ccccc4)n4nc(-c6ccccc6)c(-c6ccccc6)c54)n3)c2)cc1. The van der Waals surface area contributed by atoms with Crippen LogP contribution in [0.2, 0.25) is 0 Å². The number of nitrogens with zero attached hydrogens (tertiary/aromatic N) is 5. The second kappa shape index (κ2) is 13.8. The summed E-state index contributed by atoms with van der Waals surface area (Å²) in [6.45, 7) is 0. The highest BCUT2D eigenvalue weighted by Gasteiger charge is 2.22. The zero-order valence-corrected chi connectivity index (χ0v) is 29.8. The molecular weight excluding hydrogens is 671 g/mol. The number of fused-ring (bicyclic) bond motifs is 3. The molecular formula is C50H33N5. The Morgan fingerprint density at radius 1 is 0.327 bits per heavy atom. The van der Waals surface area contributed by atoms with E-state index in [1.165, 1.54) is 0 Å². The van der Waals surface area contributed by atoms with Crippen LogP contribution in [0.1, 0.15) is 0 Å². The highest BCUT2D eigenvalue weighted by molar-refractivity contribution is 6.09. The Morgan fingerprint density at radius 3 is 1.42 bits per heavy atom. The second-order valence-electron chi connectivity index (χ2n) is 13.5. The molecule has 0 aliphatic rings. The first-order valence-electron chi connectivity index (χ1n) is 18.4. The summed E-state index contributed by atoms with van der Waals surface area (Å²) in [5.74, 6) is 1.86. The first-order valence-corrected chi connectivity index (χ1v) is 18.4. The van der Waals surface area contributed by atoms with Gasteiger partial charge in [-0.1, -0.05) is 182 Å². The van der Waals surface area contributed by atoms with Crippen LogP contribution in [0.3, 0.4) is 0 Å². The van der Waals surface area contributed by atoms with Crippen molar-refractivity contribution in [2.75, 3.05) is 0 Å². The highest BCUT2D eigenvalue weighted by atomic mass is 15.2. The molecule has 0 unspecified atom stereocenters. The fourth-order valence-electron chi connectivity index (χ4n) is 7.40. The minimum absolute atomic E-state index is 0.610. The molecule has 55 heavy (non-hydrogen) atoms. The third-order valence-corrected chi connectivity index (χ3v) is 10.0. The van der Waals surface area contributed by atoms with Gasteiger partial charge in [0.05, 0.1) is 11.2 Å². The lowest BCUT2D eigenvalue weighted by Crippen LogP contribution is -2.00. The fraction of sp³-hybridized carbons (Fsp3) is 0. The van der Waals surface area contributed by atoms with Crippen LogP contribution in [0.5, 0.6) is 0 Å². The van der Waals surface area contributed by atoms with Crippen LogP contribution in [0.4, 0.5) is 0 Å². The van der Waals surface area contributed by atoms with Crippen molar-refractivity contribution < 1.29 is 0 Å². The van der Waals surface area contributed by atoms with Gasteiger partial charge in [-0.2, -0.15) is 5.10 Å². The molecule has 0 radical (unpaired) electrons. The maximum atomic E-state index is 5.37. The summed E-state index contributed by atoms with van der Waals surface area (Å²) < 4.78 is 2.12. The van der Waals surface area contributed by atoms with E-state index in [4.69, 9.17) is 20.1 Å². The average Bonchev–Trinajstić information content (AvgIpc) is 3.68. The quantitative estimate of drug-likeness (QED) is 0.166. The predicted octanol–water partition coefficient (Wildman–Crippen LogP) is 12.3. The summed E-state index contributed by atoms with van der Waals surface area (Å²) in [4.78, 5) is 15.3. The molecule has 10 aromatic rings. The van der Waals surface area contributed by atoms with Crippen LogP contribution in [-0.2, 0) is 0 Å². The molecule has 3 heterocycles. The highest BCUT2D eigenvalue weighted by Crippen LogP contribution is 2.41. The van der Waals surface area contributed by atoms with Crippen LogP contribution in [0.25, 0.3) is 95.2 Å². The van der Waals surface area contributed by atoms with Crippen LogP contribution in [0, 0.1) is 0 Å². The second-order valence-corrected chi connectivity index (χ2v) is 13.5. The van der Waals surface area contributed by atoms with E-state index in [0.29, 0.717) is 17.5 Å². The van der Waals surface area contributed by atoms with Crippen molar-refractivity contribution in [1.29, 1.82) is 0 Å². The molecule has 0 bridgehead atoms. The van der Waals surface area contributed by atoms with Gasteiger partial charge in [-0.15, -0.1) is 0 Å². The Labute approximate surface area is 318 Å². The number of pyridine rings is 1. The van der Waals surface area contributed by atoms with Gasteiger partial charge in [-0.3, -0.25) is 0 Å². The summed E-state index contributed by atoms with van der Waals surface area (Å²) in [6, 6.07) is 69.2. The lowest BCUT2D eigenvalue weighted by molar-refractivity contribution is 0.979. The van der Waals surface area contributed by atoms with Gasteiger partial charge < -0.3 is 0 Å². The van der Waals surface area contributed by atoms with E-state index >= 15 is 0 Å². The molecule has 0 amide bonds. The van der Waals surface area contributed by atoms with Gasteiger partial charge in [0.15, 0.2) is 17.5 Å². The maximum absolute atomic E-state index is 5.37. The minimum atomic E-state index is 0.610. The van der Waals surface area contributed by atoms with Crippen molar-refractivity contribution in [3.63, 3.8) is 0 Å². The Balaban J connectivity index is 1.22. The molecule has 0 aliphatic heterocycles. The predicted molar refractivity (Wildman–Crippen MR) is 224 cm³/mol. The Bertz CT molecular complexity index is 2940. The smallest absolute Gasteiger partial charge is 0.164 e. The van der Waals surface area contributed by atoms with Crippen molar-refractivity contribution in [2.24, 2.45) is 0 Å². The molecule has 0 aliphatic carbocycles. The number of aromatic nitrogens is 5. The Hall–Kier alpha value is -7.50. The van der Waals surface area contributed by atoms with Gasteiger partial charge >= 0.3 is 0 Å². The largest absolute Gasteiger partial charge is 0.231 e. The number of hydrogen-bond acceptors (Lipinski definition) is 4. The summed E-state index contributed by atoms with van der Waals surface area (Å²) in [5.41, 5.74) is 12.3. The van der Waals surface area contributed by atoms with E-state index in [-0.39, 0.29) is 0 Å². The monoisotopic (exact) mass is 703 g/mol. The molecule has 258 valence electrons. The van der Waals surface area contributed by atoms with E-state index in [0.717, 1.165) is 77.7 Å². The zero-order valence-electron chi connectivity index (χ0n) is 29.8. The van der Waals surface area contributed by atoms with E-state index < -0.39 is 0 Å². The number of benzene rings is 7.